The van der Waals surface area contributed by atoms with Crippen molar-refractivity contribution in [2.24, 2.45) is 7.05 Å². The van der Waals surface area contributed by atoms with Crippen LogP contribution in [0.15, 0.2) is 18.2 Å². The van der Waals surface area contributed by atoms with Crippen molar-refractivity contribution in [3.8, 4) is 0 Å². The molecule has 0 saturated heterocycles. The van der Waals surface area contributed by atoms with E-state index in [1.807, 2.05) is 29.9 Å². The number of aldehydes is 1. The Labute approximate surface area is 94.1 Å². The second-order valence-electron chi connectivity index (χ2n) is 4.53. The van der Waals surface area contributed by atoms with Gasteiger partial charge in [-0.3, -0.25) is 9.48 Å². The quantitative estimate of drug-likeness (QED) is 0.720. The van der Waals surface area contributed by atoms with Crippen molar-refractivity contribution >= 4 is 17.2 Å². The van der Waals surface area contributed by atoms with Crippen LogP contribution in [-0.4, -0.2) is 16.1 Å². The Morgan fingerprint density at radius 1 is 1.44 bits per heavy atom. The van der Waals surface area contributed by atoms with E-state index in [0.29, 0.717) is 5.92 Å². The van der Waals surface area contributed by atoms with Crippen molar-refractivity contribution < 1.29 is 4.79 Å². The van der Waals surface area contributed by atoms with Gasteiger partial charge in [-0.25, -0.2) is 0 Å². The minimum absolute atomic E-state index is 0.602. The number of nitrogens with zero attached hydrogens (tertiary/aromatic N) is 2. The molecule has 2 aromatic rings. The molecule has 1 saturated carbocycles. The predicted molar refractivity (Wildman–Crippen MR) is 62.7 cm³/mol. The molecule has 0 amide bonds. The van der Waals surface area contributed by atoms with Crippen molar-refractivity contribution in [2.75, 3.05) is 0 Å². The van der Waals surface area contributed by atoms with Crippen molar-refractivity contribution in [1.82, 2.24) is 9.78 Å². The summed E-state index contributed by atoms with van der Waals surface area (Å²) in [4.78, 5) is 10.8. The van der Waals surface area contributed by atoms with E-state index in [2.05, 4.69) is 5.10 Å². The maximum atomic E-state index is 10.8. The fourth-order valence-corrected chi connectivity index (χ4v) is 2.37. The number of rotatable bonds is 2. The van der Waals surface area contributed by atoms with E-state index in [9.17, 15) is 4.79 Å². The van der Waals surface area contributed by atoms with Crippen molar-refractivity contribution in [1.29, 1.82) is 0 Å². The third kappa shape index (κ3) is 1.28. The highest BCUT2D eigenvalue weighted by Crippen LogP contribution is 2.38. The Morgan fingerprint density at radius 2 is 2.25 bits per heavy atom. The van der Waals surface area contributed by atoms with Gasteiger partial charge in [0.15, 0.2) is 0 Å². The number of aromatic nitrogens is 2. The normalized spacial score (nSPS) is 16.3. The summed E-state index contributed by atoms with van der Waals surface area (Å²) in [6, 6.07) is 5.79. The van der Waals surface area contributed by atoms with Crippen LogP contribution in [0.25, 0.3) is 10.9 Å². The summed E-state index contributed by atoms with van der Waals surface area (Å²) < 4.78 is 1.91. The van der Waals surface area contributed by atoms with Crippen LogP contribution >= 0.6 is 0 Å². The first-order valence-electron chi connectivity index (χ1n) is 5.71. The van der Waals surface area contributed by atoms with Crippen LogP contribution in [0, 0.1) is 0 Å². The highest BCUT2D eigenvalue weighted by Gasteiger charge is 2.24. The monoisotopic (exact) mass is 214 g/mol. The summed E-state index contributed by atoms with van der Waals surface area (Å²) in [6.45, 7) is 0. The standard InChI is InChI=1S/C13H14N2O/c1-15-12-6-5-9(8-16)7-11(12)13(14-15)10-3-2-4-10/h5-8,10H,2-4H2,1H3. The van der Waals surface area contributed by atoms with Crippen LogP contribution in [0.4, 0.5) is 0 Å². The molecule has 0 unspecified atom stereocenters. The molecule has 0 aliphatic heterocycles. The third-order valence-corrected chi connectivity index (χ3v) is 3.53. The summed E-state index contributed by atoms with van der Waals surface area (Å²) in [5.74, 6) is 0.602. The molecule has 1 aromatic carbocycles. The zero-order chi connectivity index (χ0) is 11.1. The molecular weight excluding hydrogens is 200 g/mol. The molecule has 0 atom stereocenters. The second-order valence-corrected chi connectivity index (χ2v) is 4.53. The predicted octanol–water partition coefficient (Wildman–Crippen LogP) is 2.65. The molecule has 3 nitrogen and oxygen atoms in total. The smallest absolute Gasteiger partial charge is 0.150 e. The van der Waals surface area contributed by atoms with E-state index in [-0.39, 0.29) is 0 Å². The van der Waals surface area contributed by atoms with Gasteiger partial charge in [0.25, 0.3) is 0 Å². The number of carbonyl (C=O) groups is 1. The number of fused-ring (bicyclic) bond motifs is 1. The third-order valence-electron chi connectivity index (χ3n) is 3.53. The maximum Gasteiger partial charge on any atom is 0.150 e. The van der Waals surface area contributed by atoms with Crippen molar-refractivity contribution in [2.45, 2.75) is 25.2 Å². The Bertz CT molecular complexity index is 552. The molecule has 3 heteroatoms. The van der Waals surface area contributed by atoms with Crippen LogP contribution < -0.4 is 0 Å². The van der Waals surface area contributed by atoms with E-state index in [0.717, 1.165) is 22.8 Å². The molecule has 1 fully saturated rings. The van der Waals surface area contributed by atoms with Gasteiger partial charge >= 0.3 is 0 Å². The van der Waals surface area contributed by atoms with E-state index < -0.39 is 0 Å². The summed E-state index contributed by atoms with van der Waals surface area (Å²) in [7, 11) is 1.96. The molecule has 3 rings (SSSR count). The van der Waals surface area contributed by atoms with Gasteiger partial charge in [-0.2, -0.15) is 5.10 Å². The van der Waals surface area contributed by atoms with Gasteiger partial charge in [-0.1, -0.05) is 6.42 Å². The van der Waals surface area contributed by atoms with Gasteiger partial charge in [-0.05, 0) is 31.0 Å². The van der Waals surface area contributed by atoms with Crippen LogP contribution in [0.3, 0.4) is 0 Å². The molecule has 16 heavy (non-hydrogen) atoms. The number of hydrogen-bond acceptors (Lipinski definition) is 2. The highest BCUT2D eigenvalue weighted by molar-refractivity contribution is 5.89. The largest absolute Gasteiger partial charge is 0.298 e. The van der Waals surface area contributed by atoms with Crippen LogP contribution in [-0.2, 0) is 7.05 Å². The molecule has 0 radical (unpaired) electrons. The van der Waals surface area contributed by atoms with Crippen LogP contribution in [0.2, 0.25) is 0 Å². The maximum absolute atomic E-state index is 10.8. The number of aryl methyl sites for hydroxylation is 1. The SMILES string of the molecule is Cn1nc(C2CCC2)c2cc(C=O)ccc21. The second kappa shape index (κ2) is 3.44. The Hall–Kier alpha value is -1.64. The highest BCUT2D eigenvalue weighted by atomic mass is 16.1. The number of hydrogen-bond donors (Lipinski definition) is 0. The molecular formula is C13H14N2O. The van der Waals surface area contributed by atoms with Crippen LogP contribution in [0.1, 0.15) is 41.2 Å². The van der Waals surface area contributed by atoms with Crippen molar-refractivity contribution in [3.05, 3.63) is 29.5 Å². The Morgan fingerprint density at radius 3 is 2.88 bits per heavy atom. The summed E-state index contributed by atoms with van der Waals surface area (Å²) in [5.41, 5.74) is 3.03. The lowest BCUT2D eigenvalue weighted by molar-refractivity contribution is 0.112. The molecule has 0 N–H and O–H groups in total. The van der Waals surface area contributed by atoms with Gasteiger partial charge in [-0.15, -0.1) is 0 Å². The summed E-state index contributed by atoms with van der Waals surface area (Å²) >= 11 is 0. The van der Waals surface area contributed by atoms with E-state index in [1.165, 1.54) is 25.0 Å². The Kier molecular flexibility index (Phi) is 2.06. The fourth-order valence-electron chi connectivity index (χ4n) is 2.37. The van der Waals surface area contributed by atoms with Crippen LogP contribution in [0.5, 0.6) is 0 Å². The molecule has 1 aromatic heterocycles. The van der Waals surface area contributed by atoms with Gasteiger partial charge in [0.05, 0.1) is 11.2 Å². The van der Waals surface area contributed by atoms with Gasteiger partial charge in [0.2, 0.25) is 0 Å². The van der Waals surface area contributed by atoms with Gasteiger partial charge < -0.3 is 0 Å². The lowest BCUT2D eigenvalue weighted by Gasteiger charge is -2.23. The fraction of sp³-hybridized carbons (Fsp3) is 0.385. The molecule has 1 aliphatic carbocycles. The summed E-state index contributed by atoms with van der Waals surface area (Å²) in [6.07, 6.45) is 4.67. The van der Waals surface area contributed by atoms with Gasteiger partial charge in [0, 0.05) is 23.9 Å². The molecule has 1 aliphatic rings. The van der Waals surface area contributed by atoms with Gasteiger partial charge in [0.1, 0.15) is 6.29 Å². The van der Waals surface area contributed by atoms with E-state index in [1.54, 1.807) is 0 Å². The van der Waals surface area contributed by atoms with Crippen molar-refractivity contribution in [3.63, 3.8) is 0 Å². The Balaban J connectivity index is 2.22. The number of carbonyl (C=O) groups excluding carboxylic acids is 1. The average Bonchev–Trinajstić information content (AvgIpc) is 2.54. The molecule has 82 valence electrons. The van der Waals surface area contributed by atoms with E-state index >= 15 is 0 Å². The summed E-state index contributed by atoms with van der Waals surface area (Å²) in [5, 5.41) is 5.74. The average molecular weight is 214 g/mol. The molecule has 1 heterocycles. The zero-order valence-corrected chi connectivity index (χ0v) is 9.31. The minimum Gasteiger partial charge on any atom is -0.298 e. The molecule has 0 bridgehead atoms. The first-order chi connectivity index (χ1) is 7.79. The minimum atomic E-state index is 0.602. The lowest BCUT2D eigenvalue weighted by Crippen LogP contribution is -2.10. The number of benzene rings is 1. The zero-order valence-electron chi connectivity index (χ0n) is 9.31. The first-order valence-corrected chi connectivity index (χ1v) is 5.71. The topological polar surface area (TPSA) is 34.9 Å². The van der Waals surface area contributed by atoms with E-state index in [4.69, 9.17) is 0 Å². The molecule has 0 spiro atoms. The first kappa shape index (κ1) is 9.58. The lowest BCUT2D eigenvalue weighted by atomic mass is 9.82.